The molecule has 0 saturated carbocycles. The van der Waals surface area contributed by atoms with Crippen LogP contribution in [0, 0.1) is 13.8 Å². The Hall–Kier alpha value is -1.69. The Kier molecular flexibility index (Phi) is 4.61. The molecule has 1 aromatic rings. The van der Waals surface area contributed by atoms with Crippen LogP contribution in [-0.2, 0) is 11.8 Å². The monoisotopic (exact) mass is 253 g/mol. The molecule has 100 valence electrons. The van der Waals surface area contributed by atoms with E-state index in [1.165, 1.54) is 0 Å². The van der Waals surface area contributed by atoms with E-state index in [2.05, 4.69) is 10.4 Å². The summed E-state index contributed by atoms with van der Waals surface area (Å²) in [6, 6.07) is 0. The number of hydrogen-bond donors (Lipinski definition) is 2. The van der Waals surface area contributed by atoms with E-state index in [-0.39, 0.29) is 6.54 Å². The van der Waals surface area contributed by atoms with Gasteiger partial charge in [-0.15, -0.1) is 0 Å². The molecule has 1 rings (SSSR count). The number of aliphatic hydroxyl groups is 1. The van der Waals surface area contributed by atoms with Gasteiger partial charge >= 0.3 is 0 Å². The molecule has 2 N–H and O–H groups in total. The van der Waals surface area contributed by atoms with Crippen molar-refractivity contribution in [2.45, 2.75) is 33.3 Å². The fourth-order valence-electron chi connectivity index (χ4n) is 1.69. The fraction of sp³-hybridized carbons (Fsp3) is 0.583. The van der Waals surface area contributed by atoms with Gasteiger partial charge in [-0.25, -0.2) is 0 Å². The predicted octanol–water partition coefficient (Wildman–Crippen LogP) is 0.107. The van der Waals surface area contributed by atoms with Gasteiger partial charge in [-0.1, -0.05) is 0 Å². The molecule has 0 aliphatic rings. The fourth-order valence-corrected chi connectivity index (χ4v) is 1.69. The highest BCUT2D eigenvalue weighted by molar-refractivity contribution is 6.43. The van der Waals surface area contributed by atoms with Gasteiger partial charge in [0.15, 0.2) is 0 Å². The maximum atomic E-state index is 11.9. The molecule has 1 aromatic heterocycles. The van der Waals surface area contributed by atoms with Gasteiger partial charge in [0.1, 0.15) is 0 Å². The van der Waals surface area contributed by atoms with Gasteiger partial charge in [0.05, 0.1) is 17.4 Å². The number of rotatable bonds is 5. The van der Waals surface area contributed by atoms with Crippen LogP contribution < -0.4 is 5.32 Å². The summed E-state index contributed by atoms with van der Waals surface area (Å²) >= 11 is 0. The normalized spacial score (nSPS) is 12.3. The molecule has 1 atom stereocenters. The van der Waals surface area contributed by atoms with E-state index in [1.807, 2.05) is 0 Å². The highest BCUT2D eigenvalue weighted by Crippen LogP contribution is 2.12. The van der Waals surface area contributed by atoms with Crippen molar-refractivity contribution in [3.63, 3.8) is 0 Å². The smallest absolute Gasteiger partial charge is 0.292 e. The topological polar surface area (TPSA) is 84.2 Å². The molecular weight excluding hydrogens is 234 g/mol. The summed E-state index contributed by atoms with van der Waals surface area (Å²) in [5.41, 5.74) is 1.57. The Morgan fingerprint density at radius 2 is 2.06 bits per heavy atom. The third kappa shape index (κ3) is 3.16. The maximum absolute atomic E-state index is 11.9. The molecule has 0 fully saturated rings. The van der Waals surface area contributed by atoms with Crippen LogP contribution in [0.3, 0.4) is 0 Å². The number of carbonyl (C=O) groups is 2. The first-order chi connectivity index (χ1) is 8.34. The van der Waals surface area contributed by atoms with Gasteiger partial charge in [0.25, 0.3) is 11.7 Å². The lowest BCUT2D eigenvalue weighted by atomic mass is 10.1. The Balaban J connectivity index is 2.72. The highest BCUT2D eigenvalue weighted by atomic mass is 16.3. The summed E-state index contributed by atoms with van der Waals surface area (Å²) in [6.07, 6.45) is -0.0772. The standard InChI is InChI=1S/C12H19N3O3/c1-7(16)5-6-13-12(18)11(17)10-8(2)14-15(4)9(10)3/h7,16H,5-6H2,1-4H3,(H,13,18). The molecule has 0 radical (unpaired) electrons. The molecule has 0 spiro atoms. The third-order valence-corrected chi connectivity index (χ3v) is 2.79. The summed E-state index contributed by atoms with van der Waals surface area (Å²) in [4.78, 5) is 23.6. The minimum atomic E-state index is -0.658. The number of aliphatic hydroxyl groups excluding tert-OH is 1. The van der Waals surface area contributed by atoms with E-state index in [0.29, 0.717) is 23.4 Å². The average Bonchev–Trinajstić information content (AvgIpc) is 2.51. The minimum absolute atomic E-state index is 0.278. The van der Waals surface area contributed by atoms with Crippen molar-refractivity contribution in [2.24, 2.45) is 7.05 Å². The van der Waals surface area contributed by atoms with Gasteiger partial charge < -0.3 is 10.4 Å². The van der Waals surface area contributed by atoms with Crippen LogP contribution in [0.15, 0.2) is 0 Å². The average molecular weight is 253 g/mol. The molecule has 0 bridgehead atoms. The number of nitrogens with zero attached hydrogens (tertiary/aromatic N) is 2. The minimum Gasteiger partial charge on any atom is -0.393 e. The number of nitrogens with one attached hydrogen (secondary N) is 1. The quantitative estimate of drug-likeness (QED) is 0.576. The molecular formula is C12H19N3O3. The molecule has 0 aromatic carbocycles. The van der Waals surface area contributed by atoms with Gasteiger partial charge in [-0.3, -0.25) is 14.3 Å². The van der Waals surface area contributed by atoms with Crippen LogP contribution in [0.4, 0.5) is 0 Å². The number of hydrogen-bond acceptors (Lipinski definition) is 4. The zero-order valence-corrected chi connectivity index (χ0v) is 11.1. The molecule has 1 unspecified atom stereocenters. The zero-order chi connectivity index (χ0) is 13.9. The third-order valence-electron chi connectivity index (χ3n) is 2.79. The van der Waals surface area contributed by atoms with Gasteiger partial charge in [0, 0.05) is 19.3 Å². The van der Waals surface area contributed by atoms with E-state index in [0.717, 1.165) is 0 Å². The number of aryl methyl sites for hydroxylation is 2. The molecule has 0 saturated heterocycles. The largest absolute Gasteiger partial charge is 0.393 e. The second-order valence-electron chi connectivity index (χ2n) is 4.39. The summed E-state index contributed by atoms with van der Waals surface area (Å²) in [6.45, 7) is 5.35. The number of carbonyl (C=O) groups excluding carboxylic acids is 2. The van der Waals surface area contributed by atoms with Gasteiger partial charge in [-0.2, -0.15) is 5.10 Å². The molecule has 1 amide bonds. The lowest BCUT2D eigenvalue weighted by Gasteiger charge is -2.06. The molecule has 0 aliphatic heterocycles. The van der Waals surface area contributed by atoms with Crippen LogP contribution in [0.25, 0.3) is 0 Å². The zero-order valence-electron chi connectivity index (χ0n) is 11.1. The van der Waals surface area contributed by atoms with Crippen molar-refractivity contribution >= 4 is 11.7 Å². The molecule has 6 heteroatoms. The van der Waals surface area contributed by atoms with Crippen LogP contribution in [0.5, 0.6) is 0 Å². The van der Waals surface area contributed by atoms with Crippen molar-refractivity contribution in [3.8, 4) is 0 Å². The second kappa shape index (κ2) is 5.77. The number of aromatic nitrogens is 2. The molecule has 0 aliphatic carbocycles. The van der Waals surface area contributed by atoms with Crippen molar-refractivity contribution in [1.29, 1.82) is 0 Å². The summed E-state index contributed by atoms with van der Waals surface area (Å²) < 4.78 is 1.58. The Bertz CT molecular complexity index is 463. The lowest BCUT2D eigenvalue weighted by molar-refractivity contribution is -0.117. The van der Waals surface area contributed by atoms with Crippen molar-refractivity contribution < 1.29 is 14.7 Å². The Morgan fingerprint density at radius 1 is 1.44 bits per heavy atom. The summed E-state index contributed by atoms with van der Waals surface area (Å²) in [7, 11) is 1.73. The summed E-state index contributed by atoms with van der Waals surface area (Å²) in [5.74, 6) is -1.24. The maximum Gasteiger partial charge on any atom is 0.292 e. The lowest BCUT2D eigenvalue weighted by Crippen LogP contribution is -2.33. The van der Waals surface area contributed by atoms with E-state index in [1.54, 1.807) is 32.5 Å². The number of ketones is 1. The first kappa shape index (κ1) is 14.4. The van der Waals surface area contributed by atoms with Crippen LogP contribution in [-0.4, -0.2) is 39.2 Å². The van der Waals surface area contributed by atoms with Crippen LogP contribution in [0.2, 0.25) is 0 Å². The van der Waals surface area contributed by atoms with Crippen molar-refractivity contribution in [3.05, 3.63) is 17.0 Å². The van der Waals surface area contributed by atoms with E-state index in [4.69, 9.17) is 5.11 Å². The number of amides is 1. The van der Waals surface area contributed by atoms with Crippen molar-refractivity contribution in [2.75, 3.05) is 6.54 Å². The SMILES string of the molecule is Cc1nn(C)c(C)c1C(=O)C(=O)NCCC(C)O. The molecule has 18 heavy (non-hydrogen) atoms. The second-order valence-corrected chi connectivity index (χ2v) is 4.39. The van der Waals surface area contributed by atoms with Crippen LogP contribution in [0.1, 0.15) is 35.1 Å². The number of Topliss-reactive ketones (excluding diaryl/α,β-unsaturated/α-hetero) is 1. The van der Waals surface area contributed by atoms with Crippen LogP contribution >= 0.6 is 0 Å². The first-order valence-corrected chi connectivity index (χ1v) is 5.85. The molecule has 6 nitrogen and oxygen atoms in total. The highest BCUT2D eigenvalue weighted by Gasteiger charge is 2.23. The molecule has 1 heterocycles. The van der Waals surface area contributed by atoms with Gasteiger partial charge in [0.2, 0.25) is 0 Å². The predicted molar refractivity (Wildman–Crippen MR) is 66.3 cm³/mol. The van der Waals surface area contributed by atoms with Gasteiger partial charge in [-0.05, 0) is 27.2 Å². The first-order valence-electron chi connectivity index (χ1n) is 5.85. The van der Waals surface area contributed by atoms with Crippen molar-refractivity contribution in [1.82, 2.24) is 15.1 Å². The van der Waals surface area contributed by atoms with E-state index < -0.39 is 17.8 Å². The van der Waals surface area contributed by atoms with E-state index >= 15 is 0 Å². The van der Waals surface area contributed by atoms with E-state index in [9.17, 15) is 9.59 Å². The Morgan fingerprint density at radius 3 is 2.50 bits per heavy atom. The summed E-state index contributed by atoms with van der Waals surface area (Å²) in [5, 5.41) is 15.7. The Labute approximate surface area is 106 Å².